The fraction of sp³-hybridized carbons (Fsp3) is 0.143. The molecule has 104 valence electrons. The third-order valence-corrected chi connectivity index (χ3v) is 3.68. The summed E-state index contributed by atoms with van der Waals surface area (Å²) in [6.07, 6.45) is 0. The summed E-state index contributed by atoms with van der Waals surface area (Å²) in [7, 11) is 0. The van der Waals surface area contributed by atoms with Crippen LogP contribution in [0.1, 0.15) is 31.2 Å². The third kappa shape index (κ3) is 3.04. The van der Waals surface area contributed by atoms with Gasteiger partial charge in [0, 0.05) is 10.4 Å². The molecule has 0 bridgehead atoms. The second-order valence-electron chi connectivity index (χ2n) is 4.21. The van der Waals surface area contributed by atoms with E-state index in [2.05, 4.69) is 5.32 Å². The van der Waals surface area contributed by atoms with Crippen LogP contribution in [0.25, 0.3) is 0 Å². The van der Waals surface area contributed by atoms with Crippen molar-refractivity contribution in [2.24, 2.45) is 0 Å². The molecular formula is C14H13NO4S. The smallest absolute Gasteiger partial charge is 0.338 e. The van der Waals surface area contributed by atoms with Crippen LogP contribution in [-0.2, 0) is 6.61 Å². The number of carbonyl (C=O) groups is 2. The molecule has 0 spiro atoms. The minimum atomic E-state index is -1.07. The minimum absolute atomic E-state index is 0.0881. The van der Waals surface area contributed by atoms with Crippen molar-refractivity contribution >= 4 is 28.2 Å². The van der Waals surface area contributed by atoms with E-state index in [-0.39, 0.29) is 18.1 Å². The normalized spacial score (nSPS) is 10.3. The van der Waals surface area contributed by atoms with E-state index >= 15 is 0 Å². The van der Waals surface area contributed by atoms with Crippen molar-refractivity contribution in [3.63, 3.8) is 0 Å². The zero-order chi connectivity index (χ0) is 14.7. The van der Waals surface area contributed by atoms with Gasteiger partial charge in [-0.2, -0.15) is 0 Å². The van der Waals surface area contributed by atoms with Gasteiger partial charge >= 0.3 is 5.97 Å². The zero-order valence-electron chi connectivity index (χ0n) is 10.7. The summed E-state index contributed by atoms with van der Waals surface area (Å²) in [4.78, 5) is 23.9. The van der Waals surface area contributed by atoms with Gasteiger partial charge in [-0.15, -0.1) is 11.3 Å². The van der Waals surface area contributed by atoms with Gasteiger partial charge in [0.1, 0.15) is 5.00 Å². The molecule has 0 fully saturated rings. The summed E-state index contributed by atoms with van der Waals surface area (Å²) in [5, 5.41) is 20.9. The summed E-state index contributed by atoms with van der Waals surface area (Å²) in [6, 6.07) is 7.99. The highest BCUT2D eigenvalue weighted by atomic mass is 32.1. The molecule has 20 heavy (non-hydrogen) atoms. The van der Waals surface area contributed by atoms with Crippen LogP contribution in [0.2, 0.25) is 0 Å². The quantitative estimate of drug-likeness (QED) is 0.807. The lowest BCUT2D eigenvalue weighted by molar-refractivity contribution is 0.0698. The number of hydrogen-bond donors (Lipinski definition) is 3. The van der Waals surface area contributed by atoms with E-state index in [1.165, 1.54) is 17.4 Å². The van der Waals surface area contributed by atoms with Gasteiger partial charge in [-0.25, -0.2) is 4.79 Å². The van der Waals surface area contributed by atoms with Gasteiger partial charge in [0.15, 0.2) is 0 Å². The average molecular weight is 291 g/mol. The maximum atomic E-state index is 12.0. The lowest BCUT2D eigenvalue weighted by atomic mass is 10.1. The Hall–Kier alpha value is -2.18. The second-order valence-corrected chi connectivity index (χ2v) is 5.47. The van der Waals surface area contributed by atoms with E-state index in [0.29, 0.717) is 16.1 Å². The number of aliphatic hydroxyl groups is 1. The monoisotopic (exact) mass is 291 g/mol. The first kappa shape index (κ1) is 14.2. The van der Waals surface area contributed by atoms with Crippen LogP contribution >= 0.6 is 11.3 Å². The molecule has 1 aromatic carbocycles. The number of benzene rings is 1. The number of carbonyl (C=O) groups excluding carboxylic acids is 1. The highest BCUT2D eigenvalue weighted by molar-refractivity contribution is 7.16. The van der Waals surface area contributed by atoms with Gasteiger partial charge in [0.05, 0.1) is 12.2 Å². The molecule has 1 amide bonds. The van der Waals surface area contributed by atoms with Crippen molar-refractivity contribution in [1.29, 1.82) is 0 Å². The van der Waals surface area contributed by atoms with Crippen molar-refractivity contribution in [1.82, 2.24) is 0 Å². The van der Waals surface area contributed by atoms with Crippen molar-refractivity contribution in [3.05, 3.63) is 51.9 Å². The molecule has 0 saturated heterocycles. The summed E-state index contributed by atoms with van der Waals surface area (Å²) < 4.78 is 0. The number of hydrogen-bond acceptors (Lipinski definition) is 4. The summed E-state index contributed by atoms with van der Waals surface area (Å²) in [6.45, 7) is 1.69. The van der Waals surface area contributed by atoms with Gasteiger partial charge in [0.25, 0.3) is 5.91 Å². The first-order chi connectivity index (χ1) is 9.51. The number of carboxylic acids is 1. The van der Waals surface area contributed by atoms with Crippen LogP contribution in [0, 0.1) is 6.92 Å². The SMILES string of the molecule is Cc1cc(C(=O)O)c(NC(=O)c2ccc(CO)cc2)s1. The van der Waals surface area contributed by atoms with E-state index in [9.17, 15) is 9.59 Å². The van der Waals surface area contributed by atoms with Crippen molar-refractivity contribution in [2.45, 2.75) is 13.5 Å². The molecule has 1 aromatic heterocycles. The van der Waals surface area contributed by atoms with E-state index in [0.717, 1.165) is 4.88 Å². The van der Waals surface area contributed by atoms with E-state index in [4.69, 9.17) is 10.2 Å². The molecule has 6 heteroatoms. The predicted octanol–water partition coefficient (Wildman–Crippen LogP) is 2.50. The van der Waals surface area contributed by atoms with Crippen LogP contribution in [0.5, 0.6) is 0 Å². The maximum absolute atomic E-state index is 12.0. The van der Waals surface area contributed by atoms with E-state index < -0.39 is 5.97 Å². The van der Waals surface area contributed by atoms with Crippen LogP contribution in [-0.4, -0.2) is 22.1 Å². The molecule has 2 aromatic rings. The number of nitrogens with one attached hydrogen (secondary N) is 1. The van der Waals surface area contributed by atoms with Gasteiger partial charge in [0.2, 0.25) is 0 Å². The molecule has 0 unspecified atom stereocenters. The minimum Gasteiger partial charge on any atom is -0.478 e. The number of rotatable bonds is 4. The van der Waals surface area contributed by atoms with E-state index in [1.807, 2.05) is 0 Å². The fourth-order valence-corrected chi connectivity index (χ4v) is 2.60. The molecule has 3 N–H and O–H groups in total. The largest absolute Gasteiger partial charge is 0.478 e. The number of amides is 1. The first-order valence-electron chi connectivity index (χ1n) is 5.86. The Labute approximate surface area is 119 Å². The van der Waals surface area contributed by atoms with Crippen LogP contribution < -0.4 is 5.32 Å². The average Bonchev–Trinajstić information content (AvgIpc) is 2.80. The Morgan fingerprint density at radius 2 is 1.90 bits per heavy atom. The Bertz CT molecular complexity index is 646. The Balaban J connectivity index is 2.20. The molecular weight excluding hydrogens is 278 g/mol. The molecule has 0 radical (unpaired) electrons. The Morgan fingerprint density at radius 3 is 2.45 bits per heavy atom. The van der Waals surface area contributed by atoms with Crippen molar-refractivity contribution < 1.29 is 19.8 Å². The number of aliphatic hydroxyl groups excluding tert-OH is 1. The molecule has 0 saturated carbocycles. The van der Waals surface area contributed by atoms with Gasteiger partial charge in [-0.1, -0.05) is 12.1 Å². The standard InChI is InChI=1S/C14H13NO4S/c1-8-6-11(14(18)19)13(20-8)15-12(17)10-4-2-9(7-16)3-5-10/h2-6,16H,7H2,1H3,(H,15,17)(H,18,19). The second kappa shape index (κ2) is 5.85. The van der Waals surface area contributed by atoms with Crippen molar-refractivity contribution in [3.8, 4) is 0 Å². The van der Waals surface area contributed by atoms with Crippen LogP contribution in [0.4, 0.5) is 5.00 Å². The van der Waals surface area contributed by atoms with Crippen molar-refractivity contribution in [2.75, 3.05) is 5.32 Å². The van der Waals surface area contributed by atoms with Gasteiger partial charge < -0.3 is 15.5 Å². The molecule has 0 aliphatic heterocycles. The molecule has 0 aliphatic carbocycles. The van der Waals surface area contributed by atoms with Crippen LogP contribution in [0.15, 0.2) is 30.3 Å². The van der Waals surface area contributed by atoms with Gasteiger partial charge in [-0.05, 0) is 30.7 Å². The number of aryl methyl sites for hydroxylation is 1. The van der Waals surface area contributed by atoms with Gasteiger partial charge in [-0.3, -0.25) is 4.79 Å². The number of aromatic carboxylic acids is 1. The third-order valence-electron chi connectivity index (χ3n) is 2.71. The lowest BCUT2D eigenvalue weighted by Gasteiger charge is -2.05. The molecule has 1 heterocycles. The Kier molecular flexibility index (Phi) is 4.16. The molecule has 0 aliphatic rings. The lowest BCUT2D eigenvalue weighted by Crippen LogP contribution is -2.13. The highest BCUT2D eigenvalue weighted by Crippen LogP contribution is 2.28. The molecule has 5 nitrogen and oxygen atoms in total. The number of anilines is 1. The molecule has 2 rings (SSSR count). The maximum Gasteiger partial charge on any atom is 0.338 e. The highest BCUT2D eigenvalue weighted by Gasteiger charge is 2.16. The topological polar surface area (TPSA) is 86.6 Å². The molecule has 0 atom stereocenters. The predicted molar refractivity (Wildman–Crippen MR) is 76.3 cm³/mol. The zero-order valence-corrected chi connectivity index (χ0v) is 11.5. The van der Waals surface area contributed by atoms with Crippen LogP contribution in [0.3, 0.4) is 0 Å². The first-order valence-corrected chi connectivity index (χ1v) is 6.68. The number of thiophene rings is 1. The Morgan fingerprint density at radius 1 is 1.25 bits per heavy atom. The fourth-order valence-electron chi connectivity index (χ4n) is 1.70. The summed E-state index contributed by atoms with van der Waals surface area (Å²) in [5.41, 5.74) is 1.21. The summed E-state index contributed by atoms with van der Waals surface area (Å²) >= 11 is 1.22. The number of carboxylic acid groups (broad SMARTS) is 1. The van der Waals surface area contributed by atoms with E-state index in [1.54, 1.807) is 31.2 Å². The summed E-state index contributed by atoms with van der Waals surface area (Å²) in [5.74, 6) is -1.45.